The van der Waals surface area contributed by atoms with Gasteiger partial charge in [0.2, 0.25) is 5.91 Å². The highest BCUT2D eigenvalue weighted by Crippen LogP contribution is 2.26. The number of benzene rings is 3. The first kappa shape index (κ1) is 23.2. The number of ether oxygens (including phenoxy) is 1. The van der Waals surface area contributed by atoms with Crippen LogP contribution in [-0.2, 0) is 14.3 Å². The molecule has 0 spiro atoms. The van der Waals surface area contributed by atoms with E-state index in [1.54, 1.807) is 71.6 Å². The SMILES string of the molecule is O=C(COC(=O)c1cc(-c2ccc(F)cc2)nc2ccccc12)Nc1ccc(N2CCCC2=O)cc1. The highest BCUT2D eigenvalue weighted by Gasteiger charge is 2.21. The van der Waals surface area contributed by atoms with E-state index in [1.807, 2.05) is 0 Å². The summed E-state index contributed by atoms with van der Waals surface area (Å²) >= 11 is 0. The number of nitrogens with zero attached hydrogens (tertiary/aromatic N) is 2. The molecule has 0 bridgehead atoms. The highest BCUT2D eigenvalue weighted by molar-refractivity contribution is 6.05. The first-order chi connectivity index (χ1) is 17.5. The lowest BCUT2D eigenvalue weighted by Crippen LogP contribution is -2.24. The maximum atomic E-state index is 13.4. The van der Waals surface area contributed by atoms with Crippen LogP contribution in [-0.4, -0.2) is 35.9 Å². The minimum Gasteiger partial charge on any atom is -0.452 e. The van der Waals surface area contributed by atoms with Gasteiger partial charge in [0.15, 0.2) is 6.61 Å². The van der Waals surface area contributed by atoms with Crippen LogP contribution in [0.2, 0.25) is 0 Å². The van der Waals surface area contributed by atoms with Crippen LogP contribution in [0.15, 0.2) is 78.9 Å². The van der Waals surface area contributed by atoms with Gasteiger partial charge in [0.25, 0.3) is 5.91 Å². The van der Waals surface area contributed by atoms with Crippen molar-refractivity contribution in [2.24, 2.45) is 0 Å². The van der Waals surface area contributed by atoms with Crippen molar-refractivity contribution in [1.82, 2.24) is 4.98 Å². The smallest absolute Gasteiger partial charge is 0.339 e. The normalized spacial score (nSPS) is 13.1. The zero-order valence-electron chi connectivity index (χ0n) is 19.2. The molecule has 5 rings (SSSR count). The molecule has 0 aliphatic carbocycles. The molecule has 7 nitrogen and oxygen atoms in total. The van der Waals surface area contributed by atoms with E-state index in [4.69, 9.17) is 4.74 Å². The Kier molecular flexibility index (Phi) is 6.40. The number of para-hydroxylation sites is 1. The molecule has 1 fully saturated rings. The van der Waals surface area contributed by atoms with Gasteiger partial charge >= 0.3 is 5.97 Å². The van der Waals surface area contributed by atoms with E-state index in [9.17, 15) is 18.8 Å². The number of fused-ring (bicyclic) bond motifs is 1. The summed E-state index contributed by atoms with van der Waals surface area (Å²) in [6.07, 6.45) is 1.38. The van der Waals surface area contributed by atoms with E-state index in [2.05, 4.69) is 10.3 Å². The Morgan fingerprint density at radius 1 is 1.00 bits per heavy atom. The van der Waals surface area contributed by atoms with E-state index in [-0.39, 0.29) is 17.3 Å². The van der Waals surface area contributed by atoms with Crippen LogP contribution < -0.4 is 10.2 Å². The van der Waals surface area contributed by atoms with Gasteiger partial charge in [-0.15, -0.1) is 0 Å². The number of amides is 2. The molecule has 1 aliphatic heterocycles. The minimum atomic E-state index is -0.671. The predicted molar refractivity (Wildman–Crippen MR) is 134 cm³/mol. The van der Waals surface area contributed by atoms with Crippen molar-refractivity contribution in [3.8, 4) is 11.3 Å². The highest BCUT2D eigenvalue weighted by atomic mass is 19.1. The van der Waals surface area contributed by atoms with Gasteiger partial charge < -0.3 is 15.0 Å². The van der Waals surface area contributed by atoms with Crippen molar-refractivity contribution in [2.75, 3.05) is 23.4 Å². The van der Waals surface area contributed by atoms with Gasteiger partial charge in [-0.05, 0) is 67.1 Å². The molecular weight excluding hydrogens is 461 g/mol. The summed E-state index contributed by atoms with van der Waals surface area (Å²) < 4.78 is 18.7. The molecule has 0 saturated carbocycles. The molecule has 1 N–H and O–H groups in total. The van der Waals surface area contributed by atoms with E-state index in [1.165, 1.54) is 12.1 Å². The zero-order chi connectivity index (χ0) is 25.1. The first-order valence-corrected chi connectivity index (χ1v) is 11.5. The van der Waals surface area contributed by atoms with Crippen LogP contribution in [0.3, 0.4) is 0 Å². The Morgan fingerprint density at radius 3 is 2.47 bits per heavy atom. The van der Waals surface area contributed by atoms with Crippen LogP contribution in [0.1, 0.15) is 23.2 Å². The number of esters is 1. The lowest BCUT2D eigenvalue weighted by Gasteiger charge is -2.16. The molecule has 3 aromatic carbocycles. The molecule has 0 unspecified atom stereocenters. The molecular formula is C28H22FN3O4. The molecule has 4 aromatic rings. The Bertz CT molecular complexity index is 1450. The number of hydrogen-bond donors (Lipinski definition) is 1. The fraction of sp³-hybridized carbons (Fsp3) is 0.143. The van der Waals surface area contributed by atoms with Gasteiger partial charge in [0.05, 0.1) is 16.8 Å². The predicted octanol–water partition coefficient (Wildman–Crippen LogP) is 4.96. The topological polar surface area (TPSA) is 88.6 Å². The van der Waals surface area contributed by atoms with E-state index in [0.717, 1.165) is 12.1 Å². The van der Waals surface area contributed by atoms with Gasteiger partial charge in [-0.2, -0.15) is 0 Å². The largest absolute Gasteiger partial charge is 0.452 e. The number of pyridine rings is 1. The van der Waals surface area contributed by atoms with Crippen LogP contribution >= 0.6 is 0 Å². The Hall–Kier alpha value is -4.59. The minimum absolute atomic E-state index is 0.0879. The molecule has 1 aromatic heterocycles. The molecule has 36 heavy (non-hydrogen) atoms. The van der Waals surface area contributed by atoms with Crippen molar-refractivity contribution < 1.29 is 23.5 Å². The summed E-state index contributed by atoms with van der Waals surface area (Å²) in [5.41, 5.74) is 3.28. The van der Waals surface area contributed by atoms with Crippen LogP contribution in [0.5, 0.6) is 0 Å². The summed E-state index contributed by atoms with van der Waals surface area (Å²) in [4.78, 5) is 43.6. The third-order valence-corrected chi connectivity index (χ3v) is 5.95. The molecule has 0 radical (unpaired) electrons. The van der Waals surface area contributed by atoms with Crippen molar-refractivity contribution in [3.05, 3.63) is 90.2 Å². The van der Waals surface area contributed by atoms with Crippen LogP contribution in [0.4, 0.5) is 15.8 Å². The number of hydrogen-bond acceptors (Lipinski definition) is 5. The van der Waals surface area contributed by atoms with Gasteiger partial charge in [0, 0.05) is 35.3 Å². The molecule has 2 heterocycles. The number of anilines is 2. The number of aromatic nitrogens is 1. The lowest BCUT2D eigenvalue weighted by molar-refractivity contribution is -0.119. The van der Waals surface area contributed by atoms with Crippen molar-refractivity contribution in [1.29, 1.82) is 0 Å². The second-order valence-electron chi connectivity index (χ2n) is 8.40. The second-order valence-corrected chi connectivity index (χ2v) is 8.40. The summed E-state index contributed by atoms with van der Waals surface area (Å²) in [5.74, 6) is -1.45. The fourth-order valence-electron chi connectivity index (χ4n) is 4.16. The van der Waals surface area contributed by atoms with Crippen LogP contribution in [0, 0.1) is 5.82 Å². The zero-order valence-corrected chi connectivity index (χ0v) is 19.2. The summed E-state index contributed by atoms with van der Waals surface area (Å²) in [6, 6.07) is 21.4. The van der Waals surface area contributed by atoms with E-state index in [0.29, 0.717) is 40.8 Å². The number of halogens is 1. The maximum absolute atomic E-state index is 13.4. The molecule has 1 saturated heterocycles. The summed E-state index contributed by atoms with van der Waals surface area (Å²) in [7, 11) is 0. The van der Waals surface area contributed by atoms with Gasteiger partial charge in [0.1, 0.15) is 5.82 Å². The average molecular weight is 483 g/mol. The molecule has 2 amide bonds. The number of carbonyl (C=O) groups excluding carboxylic acids is 3. The lowest BCUT2D eigenvalue weighted by atomic mass is 10.0. The van der Waals surface area contributed by atoms with Crippen LogP contribution in [0.25, 0.3) is 22.2 Å². The first-order valence-electron chi connectivity index (χ1n) is 11.5. The average Bonchev–Trinajstić information content (AvgIpc) is 3.33. The Balaban J connectivity index is 1.28. The molecule has 8 heteroatoms. The second kappa shape index (κ2) is 9.95. The molecule has 0 atom stereocenters. The van der Waals surface area contributed by atoms with E-state index >= 15 is 0 Å². The van der Waals surface area contributed by atoms with Gasteiger partial charge in [-0.3, -0.25) is 9.59 Å². The third kappa shape index (κ3) is 4.93. The Labute approximate surface area is 206 Å². The maximum Gasteiger partial charge on any atom is 0.339 e. The van der Waals surface area contributed by atoms with Crippen molar-refractivity contribution in [2.45, 2.75) is 12.8 Å². The number of rotatable bonds is 6. The fourth-order valence-corrected chi connectivity index (χ4v) is 4.16. The number of nitrogens with one attached hydrogen (secondary N) is 1. The molecule has 180 valence electrons. The summed E-state index contributed by atoms with van der Waals surface area (Å²) in [6.45, 7) is 0.209. The summed E-state index contributed by atoms with van der Waals surface area (Å²) in [5, 5.41) is 3.27. The third-order valence-electron chi connectivity index (χ3n) is 5.95. The standard InChI is InChI=1S/C28H22FN3O4/c29-19-9-7-18(8-10-19)25-16-23(22-4-1-2-5-24(22)31-25)28(35)36-17-26(33)30-20-11-13-21(14-12-20)32-15-3-6-27(32)34/h1-2,4-5,7-14,16H,3,6,15,17H2,(H,30,33). The quantitative estimate of drug-likeness (QED) is 0.392. The monoisotopic (exact) mass is 483 g/mol. The number of carbonyl (C=O) groups is 3. The van der Waals surface area contributed by atoms with Gasteiger partial charge in [-0.1, -0.05) is 18.2 Å². The van der Waals surface area contributed by atoms with Crippen molar-refractivity contribution >= 4 is 40.1 Å². The molecule has 1 aliphatic rings. The van der Waals surface area contributed by atoms with Crippen molar-refractivity contribution in [3.63, 3.8) is 0 Å². The Morgan fingerprint density at radius 2 is 1.75 bits per heavy atom. The van der Waals surface area contributed by atoms with E-state index < -0.39 is 18.5 Å². The van der Waals surface area contributed by atoms with Gasteiger partial charge in [-0.25, -0.2) is 14.2 Å².